The molecule has 79 heavy (non-hydrogen) atoms. The SMILES string of the molecule is CCOC(=O)CN(CC(=O)OCC)c1cc(Cl)c(Oc2ccc(OC)c(C(=O)NC3CC4CCC3C4)c2)c(Cl)c1.CCOC(=O)CNC(C(=O)OCC)c1cc(Cl)c(Oc2ccc(OC)c(C(=O)c3ccc(Cl)cc3)c2)c(Cl)c1. The highest BCUT2D eigenvalue weighted by Crippen LogP contribution is 2.45. The van der Waals surface area contributed by atoms with Crippen molar-refractivity contribution in [3.8, 4) is 34.5 Å². The number of carbonyl (C=O) groups excluding carboxylic acids is 6. The second-order valence-electron chi connectivity index (χ2n) is 17.9. The molecule has 0 spiro atoms. The molecule has 2 aliphatic carbocycles. The number of fused-ring (bicyclic) bond motifs is 2. The molecule has 2 bridgehead atoms. The number of anilines is 1. The average molecular weight is 1190 g/mol. The van der Waals surface area contributed by atoms with E-state index >= 15 is 0 Å². The van der Waals surface area contributed by atoms with Gasteiger partial charge in [0.05, 0.1) is 78.4 Å². The topological polar surface area (TPSA) is 204 Å². The van der Waals surface area contributed by atoms with Gasteiger partial charge in [-0.3, -0.25) is 29.3 Å². The Hall–Kier alpha value is -6.47. The molecule has 0 heterocycles. The summed E-state index contributed by atoms with van der Waals surface area (Å²) in [5, 5.41) is 6.96. The fourth-order valence-corrected chi connectivity index (χ4v) is 10.4. The fourth-order valence-electron chi connectivity index (χ4n) is 9.11. The molecule has 0 saturated heterocycles. The maximum absolute atomic E-state index is 13.2. The van der Waals surface area contributed by atoms with Crippen molar-refractivity contribution in [3.63, 3.8) is 0 Å². The van der Waals surface area contributed by atoms with Crippen molar-refractivity contribution < 1.29 is 66.7 Å². The smallest absolute Gasteiger partial charge is 0.327 e. The maximum Gasteiger partial charge on any atom is 0.327 e. The number of benzene rings is 5. The lowest BCUT2D eigenvalue weighted by molar-refractivity contribution is -0.147. The van der Waals surface area contributed by atoms with Crippen LogP contribution in [-0.4, -0.2) is 102 Å². The van der Waals surface area contributed by atoms with Crippen LogP contribution in [0.1, 0.15) is 91.3 Å². The van der Waals surface area contributed by atoms with Crippen molar-refractivity contribution in [1.82, 2.24) is 10.6 Å². The minimum absolute atomic E-state index is 0.0890. The standard InChI is InChI=1S/C29H34Cl2N2O7.C28H26Cl3NO7/c1-4-38-26(34)15-33(16-27(35)39-5-2)19-12-22(30)28(23(31)13-19)40-20-8-9-25(37-3)21(14-20)29(36)32-24-11-17-6-7-18(24)10-17;1-4-37-24(33)15-32-25(28(35)38-5-2)17-12-21(30)27(22(31)13-17)39-19-10-11-23(36-3)20(14-19)26(34)16-6-8-18(29)9-7-16/h8-9,12-14,17-18,24H,4-7,10-11,15-16H2,1-3H3,(H,32,36);6-14,25,32H,4-5,15H2,1-3H3. The maximum atomic E-state index is 13.2. The van der Waals surface area contributed by atoms with Gasteiger partial charge in [-0.05, 0) is 149 Å². The van der Waals surface area contributed by atoms with Gasteiger partial charge in [0.25, 0.3) is 5.91 Å². The Balaban J connectivity index is 0.000000255. The van der Waals surface area contributed by atoms with Gasteiger partial charge in [-0.2, -0.15) is 0 Å². The molecule has 0 radical (unpaired) electrons. The zero-order chi connectivity index (χ0) is 57.3. The quantitative estimate of drug-likeness (QED) is 0.0335. The number of nitrogens with one attached hydrogen (secondary N) is 2. The summed E-state index contributed by atoms with van der Waals surface area (Å²) >= 11 is 32.1. The van der Waals surface area contributed by atoms with Crippen molar-refractivity contribution >= 4 is 99.3 Å². The Morgan fingerprint density at radius 3 is 1.59 bits per heavy atom. The summed E-state index contributed by atoms with van der Waals surface area (Å²) in [4.78, 5) is 76.6. The highest BCUT2D eigenvalue weighted by Gasteiger charge is 2.40. The van der Waals surface area contributed by atoms with Gasteiger partial charge in [0.1, 0.15) is 42.1 Å². The van der Waals surface area contributed by atoms with Gasteiger partial charge in [-0.25, -0.2) is 4.79 Å². The number of ether oxygens (including phenoxy) is 8. The van der Waals surface area contributed by atoms with Crippen LogP contribution < -0.4 is 34.5 Å². The van der Waals surface area contributed by atoms with Gasteiger partial charge >= 0.3 is 23.9 Å². The second-order valence-corrected chi connectivity index (χ2v) is 20.0. The monoisotopic (exact) mass is 1190 g/mol. The predicted molar refractivity (Wildman–Crippen MR) is 300 cm³/mol. The third-order valence-electron chi connectivity index (χ3n) is 12.7. The molecule has 0 aliphatic heterocycles. The van der Waals surface area contributed by atoms with E-state index in [1.54, 1.807) is 82.3 Å². The molecule has 22 heteroatoms. The highest BCUT2D eigenvalue weighted by atomic mass is 35.5. The molecule has 5 aromatic carbocycles. The lowest BCUT2D eigenvalue weighted by atomic mass is 9.95. The summed E-state index contributed by atoms with van der Waals surface area (Å²) in [6, 6.07) is 21.2. The highest BCUT2D eigenvalue weighted by molar-refractivity contribution is 6.38. The number of esters is 4. The summed E-state index contributed by atoms with van der Waals surface area (Å²) in [7, 11) is 2.96. The summed E-state index contributed by atoms with van der Waals surface area (Å²) in [5.74, 6) is 0.151. The molecule has 5 aromatic rings. The first-order chi connectivity index (χ1) is 37.9. The molecule has 1 amide bonds. The van der Waals surface area contributed by atoms with Crippen molar-refractivity contribution in [2.75, 3.05) is 65.2 Å². The predicted octanol–water partition coefficient (Wildman–Crippen LogP) is 12.1. The van der Waals surface area contributed by atoms with Gasteiger partial charge < -0.3 is 48.1 Å². The average Bonchev–Trinajstić information content (AvgIpc) is 4.08. The molecule has 7 rings (SSSR count). The third-order valence-corrected chi connectivity index (χ3v) is 14.0. The number of hydrogen-bond donors (Lipinski definition) is 2. The molecule has 2 saturated carbocycles. The van der Waals surface area contributed by atoms with Crippen LogP contribution in [0.4, 0.5) is 5.69 Å². The normalized spacial score (nSPS) is 15.4. The second kappa shape index (κ2) is 29.7. The zero-order valence-corrected chi connectivity index (χ0v) is 48.0. The number of hydrogen-bond acceptors (Lipinski definition) is 16. The van der Waals surface area contributed by atoms with E-state index in [2.05, 4.69) is 10.6 Å². The molecule has 4 unspecified atom stereocenters. The molecule has 0 aromatic heterocycles. The van der Waals surface area contributed by atoms with E-state index in [4.69, 9.17) is 95.9 Å². The van der Waals surface area contributed by atoms with Gasteiger partial charge in [0.2, 0.25) is 0 Å². The summed E-state index contributed by atoms with van der Waals surface area (Å²) in [6.45, 7) is 6.81. The Labute approximate surface area is 483 Å². The van der Waals surface area contributed by atoms with Crippen molar-refractivity contribution in [3.05, 3.63) is 132 Å². The fraction of sp³-hybridized carbons (Fsp3) is 0.368. The van der Waals surface area contributed by atoms with Crippen molar-refractivity contribution in [2.24, 2.45) is 11.8 Å². The Bertz CT molecular complexity index is 2930. The molecule has 2 aliphatic rings. The summed E-state index contributed by atoms with van der Waals surface area (Å²) in [6.07, 6.45) is 4.58. The molecular formula is C57H60Cl5N3O14. The van der Waals surface area contributed by atoms with Crippen LogP contribution in [0.25, 0.3) is 0 Å². The van der Waals surface area contributed by atoms with E-state index in [0.29, 0.717) is 56.5 Å². The van der Waals surface area contributed by atoms with Gasteiger partial charge in [-0.1, -0.05) is 64.4 Å². The van der Waals surface area contributed by atoms with E-state index < -0.39 is 29.9 Å². The van der Waals surface area contributed by atoms with Gasteiger partial charge in [-0.15, -0.1) is 0 Å². The lowest BCUT2D eigenvalue weighted by Crippen LogP contribution is -2.38. The molecule has 4 atom stereocenters. The van der Waals surface area contributed by atoms with Crippen molar-refractivity contribution in [1.29, 1.82) is 0 Å². The minimum Gasteiger partial charge on any atom is -0.496 e. The van der Waals surface area contributed by atoms with Crippen LogP contribution in [0.2, 0.25) is 25.1 Å². The Morgan fingerprint density at radius 1 is 0.595 bits per heavy atom. The van der Waals surface area contributed by atoms with Crippen LogP contribution in [0, 0.1) is 11.8 Å². The van der Waals surface area contributed by atoms with E-state index in [-0.39, 0.29) is 107 Å². The first-order valence-corrected chi connectivity index (χ1v) is 27.2. The van der Waals surface area contributed by atoms with E-state index in [9.17, 15) is 28.8 Å². The molecule has 2 fully saturated rings. The number of carbonyl (C=O) groups is 6. The molecule has 422 valence electrons. The van der Waals surface area contributed by atoms with Gasteiger partial charge in [0.15, 0.2) is 17.3 Å². The number of rotatable bonds is 24. The molecular weight excluding hydrogens is 1130 g/mol. The largest absolute Gasteiger partial charge is 0.496 e. The van der Waals surface area contributed by atoms with E-state index in [1.165, 1.54) is 62.3 Å². The number of amides is 1. The van der Waals surface area contributed by atoms with Crippen LogP contribution in [0.5, 0.6) is 34.5 Å². The zero-order valence-electron chi connectivity index (χ0n) is 44.2. The number of methoxy groups -OCH3 is 2. The molecule has 2 N–H and O–H groups in total. The van der Waals surface area contributed by atoms with Crippen LogP contribution in [0.3, 0.4) is 0 Å². The summed E-state index contributed by atoms with van der Waals surface area (Å²) in [5.41, 5.74) is 1.78. The van der Waals surface area contributed by atoms with Crippen LogP contribution in [0.15, 0.2) is 84.9 Å². The number of ketones is 1. The number of halogens is 5. The Morgan fingerprint density at radius 2 is 1.10 bits per heavy atom. The summed E-state index contributed by atoms with van der Waals surface area (Å²) < 4.78 is 42.9. The third kappa shape index (κ3) is 16.8. The van der Waals surface area contributed by atoms with Crippen LogP contribution in [-0.2, 0) is 38.1 Å². The van der Waals surface area contributed by atoms with E-state index in [1.807, 2.05) is 0 Å². The molecule has 17 nitrogen and oxygen atoms in total. The minimum atomic E-state index is -1.04. The van der Waals surface area contributed by atoms with Crippen LogP contribution >= 0.6 is 58.0 Å². The first kappa shape index (κ1) is 61.7. The Kier molecular flexibility index (Phi) is 23.2. The van der Waals surface area contributed by atoms with E-state index in [0.717, 1.165) is 12.8 Å². The number of nitrogens with zero attached hydrogens (tertiary/aromatic N) is 1. The lowest BCUT2D eigenvalue weighted by Gasteiger charge is -2.24. The van der Waals surface area contributed by atoms with Gasteiger partial charge in [0, 0.05) is 22.3 Å². The van der Waals surface area contributed by atoms with Crippen molar-refractivity contribution in [2.45, 2.75) is 65.5 Å². The first-order valence-electron chi connectivity index (χ1n) is 25.3.